The fraction of sp³-hybridized carbons (Fsp3) is 0.350. The van der Waals surface area contributed by atoms with Gasteiger partial charge in [0.05, 0.1) is 23.3 Å². The third kappa shape index (κ3) is 3.14. The van der Waals surface area contributed by atoms with Gasteiger partial charge in [-0.3, -0.25) is 9.89 Å². The molecular weight excluding hydrogens is 312 g/mol. The lowest BCUT2D eigenvalue weighted by atomic mass is 10.0. The molecule has 3 aromatic rings. The minimum Gasteiger partial charge on any atom is -0.353 e. The number of amides is 1. The summed E-state index contributed by atoms with van der Waals surface area (Å²) in [6, 6.07) is 8.60. The molecule has 0 saturated heterocycles. The second-order valence-electron chi connectivity index (χ2n) is 7.00. The van der Waals surface area contributed by atoms with Gasteiger partial charge in [0.1, 0.15) is 0 Å². The average Bonchev–Trinajstić information content (AvgIpc) is 3.31. The SMILES string of the molecule is Cc1n[nH]c(C)c1-c1cc(C)c2cc(CC(=O)NC3CC3)ccc2n1. The number of pyridine rings is 1. The highest BCUT2D eigenvalue weighted by atomic mass is 16.1. The van der Waals surface area contributed by atoms with E-state index in [-0.39, 0.29) is 5.91 Å². The molecule has 2 heterocycles. The van der Waals surface area contributed by atoms with Crippen LogP contribution in [0.3, 0.4) is 0 Å². The van der Waals surface area contributed by atoms with Crippen molar-refractivity contribution in [2.24, 2.45) is 0 Å². The van der Waals surface area contributed by atoms with Crippen LogP contribution < -0.4 is 5.32 Å². The molecule has 25 heavy (non-hydrogen) atoms. The first kappa shape index (κ1) is 15.8. The van der Waals surface area contributed by atoms with Crippen molar-refractivity contribution in [2.45, 2.75) is 46.1 Å². The number of carbonyl (C=O) groups excluding carboxylic acids is 1. The smallest absolute Gasteiger partial charge is 0.224 e. The van der Waals surface area contributed by atoms with Crippen LogP contribution in [0.4, 0.5) is 0 Å². The lowest BCUT2D eigenvalue weighted by molar-refractivity contribution is -0.120. The van der Waals surface area contributed by atoms with Gasteiger partial charge in [-0.2, -0.15) is 5.10 Å². The second kappa shape index (κ2) is 5.99. The zero-order chi connectivity index (χ0) is 17.6. The van der Waals surface area contributed by atoms with Crippen LogP contribution in [0, 0.1) is 20.8 Å². The first-order valence-corrected chi connectivity index (χ1v) is 8.73. The maximum atomic E-state index is 12.0. The van der Waals surface area contributed by atoms with E-state index in [1.165, 1.54) is 0 Å². The Bertz CT molecular complexity index is 950. The molecule has 5 nitrogen and oxygen atoms in total. The van der Waals surface area contributed by atoms with Gasteiger partial charge in [-0.25, -0.2) is 4.98 Å². The Morgan fingerprint density at radius 1 is 1.24 bits per heavy atom. The maximum absolute atomic E-state index is 12.0. The maximum Gasteiger partial charge on any atom is 0.224 e. The zero-order valence-corrected chi connectivity index (χ0v) is 14.8. The predicted octanol–water partition coefficient (Wildman–Crippen LogP) is 3.37. The van der Waals surface area contributed by atoms with Crippen LogP contribution in [0.15, 0.2) is 24.3 Å². The third-order valence-electron chi connectivity index (χ3n) is 4.77. The normalized spacial score (nSPS) is 14.0. The Kier molecular flexibility index (Phi) is 3.79. The first-order chi connectivity index (χ1) is 12.0. The molecule has 0 aliphatic heterocycles. The molecule has 0 unspecified atom stereocenters. The van der Waals surface area contributed by atoms with E-state index in [0.29, 0.717) is 12.5 Å². The standard InChI is InChI=1S/C20H22N4O/c1-11-8-18(20-12(2)23-24-13(20)3)22-17-7-4-14(9-16(11)17)10-19(25)21-15-5-6-15/h4,7-9,15H,5-6,10H2,1-3H3,(H,21,25)(H,23,24). The summed E-state index contributed by atoms with van der Waals surface area (Å²) < 4.78 is 0. The van der Waals surface area contributed by atoms with E-state index in [1.807, 2.05) is 26.0 Å². The number of H-pyrrole nitrogens is 1. The lowest BCUT2D eigenvalue weighted by Crippen LogP contribution is -2.26. The fourth-order valence-corrected chi connectivity index (χ4v) is 3.30. The number of carbonyl (C=O) groups is 1. The van der Waals surface area contributed by atoms with E-state index in [4.69, 9.17) is 4.98 Å². The van der Waals surface area contributed by atoms with E-state index in [0.717, 1.165) is 57.5 Å². The Labute approximate surface area is 146 Å². The molecule has 0 bridgehead atoms. The largest absolute Gasteiger partial charge is 0.353 e. The van der Waals surface area contributed by atoms with Gasteiger partial charge in [-0.15, -0.1) is 0 Å². The summed E-state index contributed by atoms with van der Waals surface area (Å²) in [5, 5.41) is 11.4. The number of hydrogen-bond donors (Lipinski definition) is 2. The van der Waals surface area contributed by atoms with E-state index < -0.39 is 0 Å². The quantitative estimate of drug-likeness (QED) is 0.768. The number of aromatic nitrogens is 3. The average molecular weight is 334 g/mol. The van der Waals surface area contributed by atoms with E-state index in [1.54, 1.807) is 0 Å². The molecule has 2 aromatic heterocycles. The summed E-state index contributed by atoms with van der Waals surface area (Å²) >= 11 is 0. The Balaban J connectivity index is 1.68. The van der Waals surface area contributed by atoms with Gasteiger partial charge < -0.3 is 5.32 Å². The number of hydrogen-bond acceptors (Lipinski definition) is 3. The Morgan fingerprint density at radius 3 is 2.72 bits per heavy atom. The fourth-order valence-electron chi connectivity index (χ4n) is 3.30. The lowest BCUT2D eigenvalue weighted by Gasteiger charge is -2.09. The molecular formula is C20H22N4O. The molecule has 2 N–H and O–H groups in total. The molecule has 1 aliphatic rings. The molecule has 1 fully saturated rings. The summed E-state index contributed by atoms with van der Waals surface area (Å²) in [6.07, 6.45) is 2.65. The molecule has 0 radical (unpaired) electrons. The van der Waals surface area contributed by atoms with Crippen LogP contribution in [0.1, 0.15) is 35.4 Å². The molecule has 0 atom stereocenters. The molecule has 1 saturated carbocycles. The molecule has 1 amide bonds. The van der Waals surface area contributed by atoms with Gasteiger partial charge in [0, 0.05) is 22.7 Å². The van der Waals surface area contributed by atoms with Crippen molar-refractivity contribution in [3.8, 4) is 11.3 Å². The van der Waals surface area contributed by atoms with Crippen molar-refractivity contribution >= 4 is 16.8 Å². The molecule has 1 aliphatic carbocycles. The van der Waals surface area contributed by atoms with Crippen molar-refractivity contribution in [1.29, 1.82) is 0 Å². The van der Waals surface area contributed by atoms with Gasteiger partial charge in [0.15, 0.2) is 0 Å². The molecule has 1 aromatic carbocycles. The zero-order valence-electron chi connectivity index (χ0n) is 14.8. The van der Waals surface area contributed by atoms with Crippen molar-refractivity contribution in [2.75, 3.05) is 0 Å². The van der Waals surface area contributed by atoms with Crippen molar-refractivity contribution in [1.82, 2.24) is 20.5 Å². The Morgan fingerprint density at radius 2 is 2.04 bits per heavy atom. The molecule has 0 spiro atoms. The number of rotatable bonds is 4. The van der Waals surface area contributed by atoms with Crippen LogP contribution in [0.2, 0.25) is 0 Å². The van der Waals surface area contributed by atoms with Crippen molar-refractivity contribution in [3.05, 3.63) is 46.8 Å². The van der Waals surface area contributed by atoms with Gasteiger partial charge in [0.25, 0.3) is 0 Å². The summed E-state index contributed by atoms with van der Waals surface area (Å²) in [6.45, 7) is 6.09. The number of aromatic amines is 1. The summed E-state index contributed by atoms with van der Waals surface area (Å²) in [7, 11) is 0. The van der Waals surface area contributed by atoms with E-state index >= 15 is 0 Å². The number of aryl methyl sites for hydroxylation is 3. The number of nitrogens with one attached hydrogen (secondary N) is 2. The van der Waals surface area contributed by atoms with Crippen LogP contribution in [0.25, 0.3) is 22.2 Å². The summed E-state index contributed by atoms with van der Waals surface area (Å²) in [5.41, 5.74) is 7.12. The highest BCUT2D eigenvalue weighted by Crippen LogP contribution is 2.28. The molecule has 4 rings (SSSR count). The first-order valence-electron chi connectivity index (χ1n) is 8.73. The van der Waals surface area contributed by atoms with Crippen LogP contribution in [-0.4, -0.2) is 27.1 Å². The monoisotopic (exact) mass is 334 g/mol. The number of benzene rings is 1. The predicted molar refractivity (Wildman–Crippen MR) is 98.4 cm³/mol. The van der Waals surface area contributed by atoms with Gasteiger partial charge in [0.2, 0.25) is 5.91 Å². The second-order valence-corrected chi connectivity index (χ2v) is 7.00. The van der Waals surface area contributed by atoms with E-state index in [2.05, 4.69) is 34.6 Å². The van der Waals surface area contributed by atoms with Gasteiger partial charge in [-0.1, -0.05) is 6.07 Å². The van der Waals surface area contributed by atoms with Crippen molar-refractivity contribution in [3.63, 3.8) is 0 Å². The summed E-state index contributed by atoms with van der Waals surface area (Å²) in [4.78, 5) is 16.8. The minimum atomic E-state index is 0.105. The molecule has 5 heteroatoms. The molecule has 128 valence electrons. The highest BCUT2D eigenvalue weighted by molar-refractivity contribution is 5.87. The van der Waals surface area contributed by atoms with Crippen molar-refractivity contribution < 1.29 is 4.79 Å². The number of fused-ring (bicyclic) bond motifs is 1. The van der Waals surface area contributed by atoms with E-state index in [9.17, 15) is 4.79 Å². The van der Waals surface area contributed by atoms with Crippen LogP contribution in [-0.2, 0) is 11.2 Å². The number of nitrogens with zero attached hydrogens (tertiary/aromatic N) is 2. The van der Waals surface area contributed by atoms with Gasteiger partial charge >= 0.3 is 0 Å². The topological polar surface area (TPSA) is 70.7 Å². The minimum absolute atomic E-state index is 0.105. The van der Waals surface area contributed by atoms with Gasteiger partial charge in [-0.05, 0) is 62.9 Å². The van der Waals surface area contributed by atoms with Crippen LogP contribution >= 0.6 is 0 Å². The third-order valence-corrected chi connectivity index (χ3v) is 4.77. The Hall–Kier alpha value is -2.69. The highest BCUT2D eigenvalue weighted by Gasteiger charge is 2.23. The summed E-state index contributed by atoms with van der Waals surface area (Å²) in [5.74, 6) is 0.105. The van der Waals surface area contributed by atoms with Crippen LogP contribution in [0.5, 0.6) is 0 Å².